The first-order valence-electron chi connectivity index (χ1n) is 4.59. The van der Waals surface area contributed by atoms with Gasteiger partial charge in [0.1, 0.15) is 0 Å². The van der Waals surface area contributed by atoms with E-state index in [1.54, 1.807) is 0 Å². The molecule has 0 fully saturated rings. The average molecular weight is 224 g/mol. The van der Waals surface area contributed by atoms with Gasteiger partial charge in [-0.05, 0) is 12.1 Å². The minimum Gasteiger partial charge on any atom is -0.481 e. The molecule has 5 heteroatoms. The topological polar surface area (TPSA) is 73.1 Å². The van der Waals surface area contributed by atoms with Crippen molar-refractivity contribution in [2.75, 3.05) is 6.54 Å². The highest BCUT2D eigenvalue weighted by atomic mass is 32.1. The Balaban J connectivity index is 2.33. The van der Waals surface area contributed by atoms with Gasteiger partial charge in [0.15, 0.2) is 0 Å². The normalized spacial score (nSPS) is 9.80. The summed E-state index contributed by atoms with van der Waals surface area (Å²) in [5.74, 6) is -0.805. The van der Waals surface area contributed by atoms with Crippen LogP contribution in [0.1, 0.15) is 16.2 Å². The lowest BCUT2D eigenvalue weighted by molar-refractivity contribution is -0.136. The van der Waals surface area contributed by atoms with Gasteiger partial charge < -0.3 is 10.4 Å². The van der Waals surface area contributed by atoms with Gasteiger partial charge in [0.05, 0.1) is 12.5 Å². The predicted octanol–water partition coefficient (Wildman–Crippen LogP) is 1.38. The van der Waals surface area contributed by atoms with Crippen LogP contribution in [-0.4, -0.2) is 17.6 Å². The van der Waals surface area contributed by atoms with E-state index in [1.165, 1.54) is 11.3 Å². The molecular formula is C10H12N2O2S. The molecule has 0 spiro atoms. The summed E-state index contributed by atoms with van der Waals surface area (Å²) in [7, 11) is 0. The maximum atomic E-state index is 10.4. The second kappa shape index (κ2) is 6.17. The summed E-state index contributed by atoms with van der Waals surface area (Å²) in [4.78, 5) is 12.4. The Bertz CT molecular complexity index is 368. The summed E-state index contributed by atoms with van der Waals surface area (Å²) in [6, 6.07) is 5.80. The zero-order valence-corrected chi connectivity index (χ0v) is 9.01. The molecule has 0 aliphatic rings. The number of nitrogens with one attached hydrogen (secondary N) is 1. The molecule has 1 heterocycles. The fraction of sp³-hybridized carbons (Fsp3) is 0.400. The molecule has 0 radical (unpaired) electrons. The minimum atomic E-state index is -0.805. The number of hydrogen-bond donors (Lipinski definition) is 2. The third-order valence-corrected chi connectivity index (χ3v) is 2.84. The van der Waals surface area contributed by atoms with E-state index >= 15 is 0 Å². The minimum absolute atomic E-state index is 0.0862. The molecule has 0 unspecified atom stereocenters. The quantitative estimate of drug-likeness (QED) is 0.716. The van der Waals surface area contributed by atoms with E-state index in [9.17, 15) is 4.79 Å². The van der Waals surface area contributed by atoms with Crippen LogP contribution in [0.3, 0.4) is 0 Å². The van der Waals surface area contributed by atoms with Gasteiger partial charge in [-0.2, -0.15) is 5.26 Å². The van der Waals surface area contributed by atoms with Crippen molar-refractivity contribution in [2.24, 2.45) is 0 Å². The fourth-order valence-electron chi connectivity index (χ4n) is 1.12. The number of carbonyl (C=O) groups is 1. The van der Waals surface area contributed by atoms with Crippen LogP contribution in [0.15, 0.2) is 12.1 Å². The lowest BCUT2D eigenvalue weighted by Crippen LogP contribution is -2.13. The fourth-order valence-corrected chi connectivity index (χ4v) is 2.10. The first kappa shape index (κ1) is 11.7. The Hall–Kier alpha value is -1.38. The van der Waals surface area contributed by atoms with E-state index < -0.39 is 5.97 Å². The first-order chi connectivity index (χ1) is 7.22. The summed E-state index contributed by atoms with van der Waals surface area (Å²) in [5.41, 5.74) is 0. The van der Waals surface area contributed by atoms with Gasteiger partial charge in [0.2, 0.25) is 0 Å². The molecule has 0 saturated carbocycles. The molecule has 0 bridgehead atoms. The summed E-state index contributed by atoms with van der Waals surface area (Å²) in [6.45, 7) is 1.37. The number of thiophene rings is 1. The molecule has 1 aromatic rings. The molecule has 15 heavy (non-hydrogen) atoms. The van der Waals surface area contributed by atoms with E-state index in [1.807, 2.05) is 18.2 Å². The molecule has 4 nitrogen and oxygen atoms in total. The molecular weight excluding hydrogens is 212 g/mol. The number of rotatable bonds is 6. The van der Waals surface area contributed by atoms with Crippen molar-refractivity contribution in [2.45, 2.75) is 19.4 Å². The maximum absolute atomic E-state index is 10.4. The van der Waals surface area contributed by atoms with Crippen molar-refractivity contribution in [1.29, 1.82) is 5.26 Å². The summed E-state index contributed by atoms with van der Waals surface area (Å²) in [5, 5.41) is 20.0. The lowest BCUT2D eigenvalue weighted by Gasteiger charge is -1.97. The van der Waals surface area contributed by atoms with Gasteiger partial charge in [-0.3, -0.25) is 4.79 Å². The molecule has 1 rings (SSSR count). The van der Waals surface area contributed by atoms with Gasteiger partial charge in [0, 0.05) is 29.3 Å². The lowest BCUT2D eigenvalue weighted by atomic mass is 10.3. The van der Waals surface area contributed by atoms with Crippen LogP contribution in [0.25, 0.3) is 0 Å². The van der Waals surface area contributed by atoms with Crippen LogP contribution < -0.4 is 5.32 Å². The Morgan fingerprint density at radius 2 is 2.27 bits per heavy atom. The van der Waals surface area contributed by atoms with E-state index in [0.29, 0.717) is 19.5 Å². The van der Waals surface area contributed by atoms with Gasteiger partial charge in [-0.25, -0.2) is 0 Å². The van der Waals surface area contributed by atoms with Gasteiger partial charge in [-0.15, -0.1) is 11.3 Å². The molecule has 0 aromatic carbocycles. The standard InChI is InChI=1S/C10H12N2O2S/c11-4-1-5-12-7-9-3-2-8(15-9)6-10(13)14/h2-3,12H,1,5-7H2,(H,13,14). The Morgan fingerprint density at radius 3 is 2.93 bits per heavy atom. The smallest absolute Gasteiger partial charge is 0.308 e. The van der Waals surface area contributed by atoms with Gasteiger partial charge in [-0.1, -0.05) is 0 Å². The van der Waals surface area contributed by atoms with Crippen LogP contribution in [-0.2, 0) is 17.8 Å². The van der Waals surface area contributed by atoms with E-state index in [-0.39, 0.29) is 6.42 Å². The molecule has 0 saturated heterocycles. The summed E-state index contributed by atoms with van der Waals surface area (Å²) >= 11 is 1.49. The molecule has 2 N–H and O–H groups in total. The zero-order chi connectivity index (χ0) is 11.1. The van der Waals surface area contributed by atoms with E-state index in [4.69, 9.17) is 10.4 Å². The maximum Gasteiger partial charge on any atom is 0.308 e. The van der Waals surface area contributed by atoms with Gasteiger partial charge >= 0.3 is 5.97 Å². The monoisotopic (exact) mass is 224 g/mol. The van der Waals surface area contributed by atoms with E-state index in [2.05, 4.69) is 5.32 Å². The molecule has 0 amide bonds. The first-order valence-corrected chi connectivity index (χ1v) is 5.41. The highest BCUT2D eigenvalue weighted by Crippen LogP contribution is 2.16. The van der Waals surface area contributed by atoms with Crippen LogP contribution in [0.5, 0.6) is 0 Å². The van der Waals surface area contributed by atoms with Crippen molar-refractivity contribution in [3.63, 3.8) is 0 Å². The summed E-state index contributed by atoms with van der Waals surface area (Å²) in [6.07, 6.45) is 0.580. The van der Waals surface area contributed by atoms with E-state index in [0.717, 1.165) is 9.75 Å². The Labute approximate surface area is 92.2 Å². The number of aliphatic carboxylic acids is 1. The van der Waals surface area contributed by atoms with Crippen LogP contribution in [0.4, 0.5) is 0 Å². The van der Waals surface area contributed by atoms with Crippen molar-refractivity contribution in [3.05, 3.63) is 21.9 Å². The van der Waals surface area contributed by atoms with Crippen molar-refractivity contribution in [1.82, 2.24) is 5.32 Å². The largest absolute Gasteiger partial charge is 0.481 e. The second-order valence-corrected chi connectivity index (χ2v) is 4.28. The van der Waals surface area contributed by atoms with Gasteiger partial charge in [0.25, 0.3) is 0 Å². The second-order valence-electron chi connectivity index (χ2n) is 3.02. The number of carboxylic acid groups (broad SMARTS) is 1. The SMILES string of the molecule is N#CCCNCc1ccc(CC(=O)O)s1. The van der Waals surface area contributed by atoms with Crippen molar-refractivity contribution in [3.8, 4) is 6.07 Å². The van der Waals surface area contributed by atoms with Crippen LogP contribution in [0.2, 0.25) is 0 Å². The zero-order valence-electron chi connectivity index (χ0n) is 8.19. The number of hydrogen-bond acceptors (Lipinski definition) is 4. The highest BCUT2D eigenvalue weighted by Gasteiger charge is 2.03. The predicted molar refractivity (Wildman–Crippen MR) is 57.6 cm³/mol. The van der Waals surface area contributed by atoms with Crippen molar-refractivity contribution < 1.29 is 9.90 Å². The number of nitriles is 1. The highest BCUT2D eigenvalue weighted by molar-refractivity contribution is 7.12. The number of nitrogens with zero attached hydrogens (tertiary/aromatic N) is 1. The molecule has 0 aliphatic carbocycles. The van der Waals surface area contributed by atoms with Crippen LogP contribution in [0, 0.1) is 11.3 Å². The molecule has 1 aromatic heterocycles. The molecule has 0 atom stereocenters. The molecule has 80 valence electrons. The third-order valence-electron chi connectivity index (χ3n) is 1.76. The average Bonchev–Trinajstić information content (AvgIpc) is 2.59. The Kier molecular flexibility index (Phi) is 4.81. The third kappa shape index (κ3) is 4.58. The van der Waals surface area contributed by atoms with Crippen molar-refractivity contribution >= 4 is 17.3 Å². The Morgan fingerprint density at radius 1 is 1.53 bits per heavy atom. The van der Waals surface area contributed by atoms with Crippen LogP contribution >= 0.6 is 11.3 Å². The molecule has 0 aliphatic heterocycles. The number of carboxylic acids is 1. The summed E-state index contributed by atoms with van der Waals surface area (Å²) < 4.78 is 0.